The highest BCUT2D eigenvalue weighted by atomic mass is 32.2. The highest BCUT2D eigenvalue weighted by molar-refractivity contribution is 7.89. The number of nitrogens with zero attached hydrogens (tertiary/aromatic N) is 4. The first-order chi connectivity index (χ1) is 14.0. The van der Waals surface area contributed by atoms with Crippen molar-refractivity contribution in [2.75, 3.05) is 25.4 Å². The number of aryl methyl sites for hydroxylation is 2. The summed E-state index contributed by atoms with van der Waals surface area (Å²) >= 11 is 0. The second-order valence-electron chi connectivity index (χ2n) is 6.91. The van der Waals surface area contributed by atoms with Gasteiger partial charge in [0.2, 0.25) is 15.8 Å². The summed E-state index contributed by atoms with van der Waals surface area (Å²) in [5.41, 5.74) is 2.85. The van der Waals surface area contributed by atoms with Crippen molar-refractivity contribution < 1.29 is 17.7 Å². The van der Waals surface area contributed by atoms with Crippen LogP contribution in [-0.2, 0) is 21.2 Å². The van der Waals surface area contributed by atoms with E-state index < -0.39 is 16.1 Å². The van der Waals surface area contributed by atoms with Crippen molar-refractivity contribution in [1.82, 2.24) is 19.4 Å². The lowest BCUT2D eigenvalue weighted by molar-refractivity contribution is -0.0199. The number of sulfonamides is 1. The Morgan fingerprint density at radius 3 is 2.76 bits per heavy atom. The SMILES string of the molecule is Cc1ccccc1-c1noc([C@@H]2CN(S(=O)(=O)CCc3ccncc3)CCO2)n1. The Bertz CT molecular complexity index is 1070. The van der Waals surface area contributed by atoms with Crippen LogP contribution in [0, 0.1) is 6.92 Å². The Morgan fingerprint density at radius 1 is 1.17 bits per heavy atom. The molecular weight excluding hydrogens is 392 g/mol. The first-order valence-corrected chi connectivity index (χ1v) is 11.0. The number of benzene rings is 1. The molecule has 8 nitrogen and oxygen atoms in total. The summed E-state index contributed by atoms with van der Waals surface area (Å²) in [7, 11) is -3.43. The van der Waals surface area contributed by atoms with E-state index in [0.29, 0.717) is 18.8 Å². The van der Waals surface area contributed by atoms with Gasteiger partial charge in [0.1, 0.15) is 0 Å². The van der Waals surface area contributed by atoms with E-state index in [9.17, 15) is 8.42 Å². The molecule has 1 aliphatic rings. The third kappa shape index (κ3) is 4.52. The van der Waals surface area contributed by atoms with Crippen molar-refractivity contribution in [3.8, 4) is 11.4 Å². The zero-order chi connectivity index (χ0) is 20.3. The van der Waals surface area contributed by atoms with Crippen LogP contribution < -0.4 is 0 Å². The van der Waals surface area contributed by atoms with Gasteiger partial charge in [0, 0.05) is 31.0 Å². The molecule has 0 unspecified atom stereocenters. The minimum atomic E-state index is -3.43. The van der Waals surface area contributed by atoms with Crippen molar-refractivity contribution in [2.45, 2.75) is 19.4 Å². The van der Waals surface area contributed by atoms with E-state index in [1.807, 2.05) is 43.3 Å². The molecule has 0 radical (unpaired) electrons. The summed E-state index contributed by atoms with van der Waals surface area (Å²) < 4.78 is 38.1. The molecule has 1 fully saturated rings. The fourth-order valence-electron chi connectivity index (χ4n) is 3.25. The normalized spacial score (nSPS) is 18.0. The molecule has 0 aliphatic carbocycles. The highest BCUT2D eigenvalue weighted by Crippen LogP contribution is 2.26. The van der Waals surface area contributed by atoms with Gasteiger partial charge in [0.25, 0.3) is 5.89 Å². The third-order valence-electron chi connectivity index (χ3n) is 4.92. The number of rotatable bonds is 6. The lowest BCUT2D eigenvalue weighted by Crippen LogP contribution is -2.43. The molecule has 1 aliphatic heterocycles. The molecule has 4 rings (SSSR count). The topological polar surface area (TPSA) is 98.4 Å². The smallest absolute Gasteiger partial charge is 0.257 e. The minimum absolute atomic E-state index is 0.0298. The number of hydrogen-bond donors (Lipinski definition) is 0. The van der Waals surface area contributed by atoms with Gasteiger partial charge in [-0.25, -0.2) is 8.42 Å². The third-order valence-corrected chi connectivity index (χ3v) is 6.76. The van der Waals surface area contributed by atoms with Gasteiger partial charge in [-0.1, -0.05) is 29.4 Å². The van der Waals surface area contributed by atoms with Crippen LogP contribution in [0.15, 0.2) is 53.3 Å². The van der Waals surface area contributed by atoms with Crippen LogP contribution in [0.4, 0.5) is 0 Å². The molecule has 9 heteroatoms. The Balaban J connectivity index is 1.45. The van der Waals surface area contributed by atoms with Crippen LogP contribution in [-0.4, -0.2) is 53.3 Å². The van der Waals surface area contributed by atoms with Gasteiger partial charge in [-0.3, -0.25) is 4.98 Å². The summed E-state index contributed by atoms with van der Waals surface area (Å²) in [5.74, 6) is 0.791. The van der Waals surface area contributed by atoms with E-state index in [0.717, 1.165) is 16.7 Å². The maximum absolute atomic E-state index is 12.8. The Kier molecular flexibility index (Phi) is 5.70. The van der Waals surface area contributed by atoms with Crippen LogP contribution in [0.25, 0.3) is 11.4 Å². The molecule has 0 bridgehead atoms. The molecule has 3 aromatic rings. The fourth-order valence-corrected chi connectivity index (χ4v) is 4.72. The summed E-state index contributed by atoms with van der Waals surface area (Å²) in [6.45, 7) is 2.73. The van der Waals surface area contributed by atoms with Crippen LogP contribution in [0.1, 0.15) is 23.1 Å². The number of hydrogen-bond acceptors (Lipinski definition) is 7. The van der Waals surface area contributed by atoms with Gasteiger partial charge in [-0.2, -0.15) is 9.29 Å². The van der Waals surface area contributed by atoms with Crippen LogP contribution >= 0.6 is 0 Å². The summed E-state index contributed by atoms with van der Waals surface area (Å²) in [4.78, 5) is 8.40. The highest BCUT2D eigenvalue weighted by Gasteiger charge is 2.33. The molecule has 1 atom stereocenters. The quantitative estimate of drug-likeness (QED) is 0.611. The van der Waals surface area contributed by atoms with Crippen molar-refractivity contribution in [2.24, 2.45) is 0 Å². The van der Waals surface area contributed by atoms with Gasteiger partial charge in [0.15, 0.2) is 6.10 Å². The Labute approximate surface area is 169 Å². The van der Waals surface area contributed by atoms with Gasteiger partial charge in [-0.15, -0.1) is 0 Å². The van der Waals surface area contributed by atoms with Crippen molar-refractivity contribution in [3.05, 3.63) is 65.8 Å². The van der Waals surface area contributed by atoms with E-state index in [1.165, 1.54) is 4.31 Å². The molecule has 0 amide bonds. The average Bonchev–Trinajstić information content (AvgIpc) is 3.24. The zero-order valence-electron chi connectivity index (χ0n) is 16.1. The molecule has 152 valence electrons. The summed E-state index contributed by atoms with van der Waals surface area (Å²) in [5, 5.41) is 4.05. The van der Waals surface area contributed by atoms with Crippen molar-refractivity contribution in [3.63, 3.8) is 0 Å². The van der Waals surface area contributed by atoms with E-state index in [2.05, 4.69) is 15.1 Å². The lowest BCUT2D eigenvalue weighted by atomic mass is 10.1. The van der Waals surface area contributed by atoms with Gasteiger partial charge < -0.3 is 9.26 Å². The van der Waals surface area contributed by atoms with Gasteiger partial charge >= 0.3 is 0 Å². The first-order valence-electron chi connectivity index (χ1n) is 9.41. The van der Waals surface area contributed by atoms with E-state index in [4.69, 9.17) is 9.26 Å². The number of ether oxygens (including phenoxy) is 1. The molecule has 1 aromatic carbocycles. The molecule has 1 saturated heterocycles. The largest absolute Gasteiger partial charge is 0.366 e. The standard InChI is InChI=1S/C20H22N4O4S/c1-15-4-2-3-5-17(15)19-22-20(28-23-19)18-14-24(11-12-27-18)29(25,26)13-8-16-6-9-21-10-7-16/h2-7,9-10,18H,8,11-14H2,1H3/t18-/m0/s1. The number of pyridine rings is 1. The van der Waals surface area contributed by atoms with E-state index in [-0.39, 0.29) is 24.8 Å². The number of morpholine rings is 1. The molecule has 0 spiro atoms. The molecule has 3 heterocycles. The molecular formula is C20H22N4O4S. The number of aromatic nitrogens is 3. The van der Waals surface area contributed by atoms with Crippen LogP contribution in [0.2, 0.25) is 0 Å². The zero-order valence-corrected chi connectivity index (χ0v) is 16.9. The fraction of sp³-hybridized carbons (Fsp3) is 0.350. The second-order valence-corrected chi connectivity index (χ2v) is 9.00. The van der Waals surface area contributed by atoms with Crippen molar-refractivity contribution in [1.29, 1.82) is 0 Å². The van der Waals surface area contributed by atoms with Crippen LogP contribution in [0.3, 0.4) is 0 Å². The molecule has 0 saturated carbocycles. The Morgan fingerprint density at radius 2 is 1.97 bits per heavy atom. The Hall–Kier alpha value is -2.62. The predicted octanol–water partition coefficient (Wildman–Crippen LogP) is 2.39. The molecule has 2 aromatic heterocycles. The van der Waals surface area contributed by atoms with E-state index in [1.54, 1.807) is 12.4 Å². The van der Waals surface area contributed by atoms with E-state index >= 15 is 0 Å². The minimum Gasteiger partial charge on any atom is -0.366 e. The first kappa shape index (κ1) is 19.7. The monoisotopic (exact) mass is 414 g/mol. The van der Waals surface area contributed by atoms with Crippen LogP contribution in [0.5, 0.6) is 0 Å². The maximum atomic E-state index is 12.8. The van der Waals surface area contributed by atoms with Gasteiger partial charge in [0.05, 0.1) is 12.4 Å². The molecule has 0 N–H and O–H groups in total. The molecule has 29 heavy (non-hydrogen) atoms. The second kappa shape index (κ2) is 8.40. The lowest BCUT2D eigenvalue weighted by Gasteiger charge is -2.30. The summed E-state index contributed by atoms with van der Waals surface area (Å²) in [6, 6.07) is 11.4. The van der Waals surface area contributed by atoms with Crippen molar-refractivity contribution >= 4 is 10.0 Å². The van der Waals surface area contributed by atoms with Gasteiger partial charge in [-0.05, 0) is 36.6 Å². The predicted molar refractivity (Wildman–Crippen MR) is 106 cm³/mol. The average molecular weight is 414 g/mol. The summed E-state index contributed by atoms with van der Waals surface area (Å²) in [6.07, 6.45) is 3.18. The maximum Gasteiger partial charge on any atom is 0.257 e.